The Morgan fingerprint density at radius 1 is 0.935 bits per heavy atom. The summed E-state index contributed by atoms with van der Waals surface area (Å²) in [5.41, 5.74) is 3.51. The smallest absolute Gasteiger partial charge is 0.244 e. The quantitative estimate of drug-likeness (QED) is 0.517. The highest BCUT2D eigenvalue weighted by molar-refractivity contribution is 6.32. The first-order valence-electron chi connectivity index (χ1n) is 10.6. The summed E-state index contributed by atoms with van der Waals surface area (Å²) in [6, 6.07) is 26.5. The van der Waals surface area contributed by atoms with Crippen molar-refractivity contribution in [3.63, 3.8) is 0 Å². The van der Waals surface area contributed by atoms with Crippen molar-refractivity contribution in [2.75, 3.05) is 11.4 Å². The van der Waals surface area contributed by atoms with Gasteiger partial charge in [-0.25, -0.2) is 0 Å². The molecule has 156 valence electrons. The Balaban J connectivity index is 1.69. The molecule has 3 aromatic rings. The van der Waals surface area contributed by atoms with Crippen LogP contribution in [0.1, 0.15) is 30.5 Å². The van der Waals surface area contributed by atoms with Crippen LogP contribution in [0.2, 0.25) is 5.02 Å². The minimum atomic E-state index is -0.622. The summed E-state index contributed by atoms with van der Waals surface area (Å²) in [6.45, 7) is 5.39. The van der Waals surface area contributed by atoms with Gasteiger partial charge in [0.1, 0.15) is 5.66 Å². The van der Waals surface area contributed by atoms with Gasteiger partial charge in [-0.15, -0.1) is 0 Å². The summed E-state index contributed by atoms with van der Waals surface area (Å²) in [6.07, 6.45) is 4.25. The average Bonchev–Trinajstić information content (AvgIpc) is 3.16. The number of nitrogens with zero attached hydrogens (tertiary/aromatic N) is 2. The molecule has 2 aliphatic heterocycles. The lowest BCUT2D eigenvalue weighted by atomic mass is 9.74. The molecule has 1 saturated heterocycles. The number of rotatable bonds is 4. The highest BCUT2D eigenvalue weighted by atomic mass is 35.5. The summed E-state index contributed by atoms with van der Waals surface area (Å²) in [5, 5.41) is 0.703. The van der Waals surface area contributed by atoms with Gasteiger partial charge in [0.15, 0.2) is 0 Å². The Kier molecular flexibility index (Phi) is 4.67. The van der Waals surface area contributed by atoms with Crippen molar-refractivity contribution < 1.29 is 4.79 Å². The van der Waals surface area contributed by atoms with E-state index in [0.717, 1.165) is 16.8 Å². The van der Waals surface area contributed by atoms with Crippen molar-refractivity contribution in [1.29, 1.82) is 0 Å². The predicted octanol–water partition coefficient (Wildman–Crippen LogP) is 5.89. The number of amides is 1. The van der Waals surface area contributed by atoms with E-state index in [1.165, 1.54) is 5.56 Å². The van der Waals surface area contributed by atoms with Crippen LogP contribution in [0.3, 0.4) is 0 Å². The zero-order valence-corrected chi connectivity index (χ0v) is 18.5. The number of hydrogen-bond donors (Lipinski definition) is 0. The van der Waals surface area contributed by atoms with Crippen LogP contribution in [0, 0.1) is 0 Å². The molecule has 0 aliphatic carbocycles. The summed E-state index contributed by atoms with van der Waals surface area (Å²) < 4.78 is 0. The number of fused-ring (bicyclic) bond motifs is 3. The molecule has 2 heterocycles. The van der Waals surface area contributed by atoms with Gasteiger partial charge in [-0.05, 0) is 34.9 Å². The number of para-hydroxylation sites is 1. The molecule has 3 nitrogen and oxygen atoms in total. The fourth-order valence-corrected chi connectivity index (χ4v) is 5.43. The van der Waals surface area contributed by atoms with Gasteiger partial charge in [0.25, 0.3) is 0 Å². The Morgan fingerprint density at radius 3 is 2.39 bits per heavy atom. The molecule has 1 fully saturated rings. The topological polar surface area (TPSA) is 23.6 Å². The summed E-state index contributed by atoms with van der Waals surface area (Å²) in [4.78, 5) is 17.7. The van der Waals surface area contributed by atoms with E-state index in [2.05, 4.69) is 61.2 Å². The summed E-state index contributed by atoms with van der Waals surface area (Å²) in [5.74, 6) is 0.134. The molecule has 3 aromatic carbocycles. The SMILES string of the molecule is CC1(C)c2ccccc2N2CC(=O)N(Cc3ccccc3)[C@@]21/C=C/c1ccccc1Cl. The molecule has 0 bridgehead atoms. The van der Waals surface area contributed by atoms with Gasteiger partial charge in [-0.3, -0.25) is 4.79 Å². The van der Waals surface area contributed by atoms with Gasteiger partial charge in [0.2, 0.25) is 5.91 Å². The van der Waals surface area contributed by atoms with E-state index in [4.69, 9.17) is 11.6 Å². The molecule has 0 aromatic heterocycles. The second kappa shape index (κ2) is 7.28. The molecular weight excluding hydrogens is 404 g/mol. The minimum absolute atomic E-state index is 0.134. The monoisotopic (exact) mass is 428 g/mol. The standard InChI is InChI=1S/C27H25ClN2O/c1-26(2)22-13-7-9-15-24(22)29-19-25(31)30(18-20-10-4-3-5-11-20)27(26,29)17-16-21-12-6-8-14-23(21)28/h3-17H,18-19H2,1-2H3/b17-16+/t27-/m1/s1. The number of anilines is 1. The third-order valence-electron chi connectivity index (χ3n) is 6.79. The highest BCUT2D eigenvalue weighted by Gasteiger charge is 2.63. The van der Waals surface area contributed by atoms with Crippen LogP contribution < -0.4 is 4.90 Å². The Labute approximate surface area is 188 Å². The molecule has 0 saturated carbocycles. The summed E-state index contributed by atoms with van der Waals surface area (Å²) >= 11 is 6.46. The first-order chi connectivity index (χ1) is 14.9. The normalized spacial score (nSPS) is 21.6. The fraction of sp³-hybridized carbons (Fsp3) is 0.222. The van der Waals surface area contributed by atoms with Crippen LogP contribution in [-0.2, 0) is 16.8 Å². The van der Waals surface area contributed by atoms with E-state index in [0.29, 0.717) is 18.1 Å². The van der Waals surface area contributed by atoms with Crippen molar-refractivity contribution in [2.24, 2.45) is 0 Å². The maximum Gasteiger partial charge on any atom is 0.244 e. The van der Waals surface area contributed by atoms with Crippen LogP contribution in [0.25, 0.3) is 6.08 Å². The zero-order valence-electron chi connectivity index (χ0n) is 17.8. The molecule has 1 amide bonds. The average molecular weight is 429 g/mol. The molecule has 1 atom stereocenters. The number of carbonyl (C=O) groups excluding carboxylic acids is 1. The van der Waals surface area contributed by atoms with Gasteiger partial charge in [0, 0.05) is 22.7 Å². The van der Waals surface area contributed by atoms with Crippen molar-refractivity contribution in [2.45, 2.75) is 31.5 Å². The lowest BCUT2D eigenvalue weighted by molar-refractivity contribution is -0.131. The predicted molar refractivity (Wildman–Crippen MR) is 127 cm³/mol. The van der Waals surface area contributed by atoms with E-state index in [-0.39, 0.29) is 11.3 Å². The van der Waals surface area contributed by atoms with Gasteiger partial charge in [-0.1, -0.05) is 98.3 Å². The zero-order chi connectivity index (χ0) is 21.6. The van der Waals surface area contributed by atoms with Crippen LogP contribution in [-0.4, -0.2) is 23.0 Å². The summed E-state index contributed by atoms with van der Waals surface area (Å²) in [7, 11) is 0. The number of benzene rings is 3. The molecule has 0 radical (unpaired) electrons. The molecule has 5 rings (SSSR count). The number of hydrogen-bond acceptors (Lipinski definition) is 2. The Hall–Kier alpha value is -3.04. The number of carbonyl (C=O) groups is 1. The maximum atomic E-state index is 13.4. The first kappa shape index (κ1) is 19.9. The van der Waals surface area contributed by atoms with E-state index in [1.807, 2.05) is 53.4 Å². The van der Waals surface area contributed by atoms with Crippen LogP contribution in [0.4, 0.5) is 5.69 Å². The number of halogens is 1. The molecule has 4 heteroatoms. The van der Waals surface area contributed by atoms with E-state index in [9.17, 15) is 4.79 Å². The third kappa shape index (κ3) is 2.91. The van der Waals surface area contributed by atoms with Crippen molar-refractivity contribution in [3.8, 4) is 0 Å². The van der Waals surface area contributed by atoms with Crippen LogP contribution in [0.15, 0.2) is 84.9 Å². The lowest BCUT2D eigenvalue weighted by Gasteiger charge is -2.46. The van der Waals surface area contributed by atoms with E-state index in [1.54, 1.807) is 0 Å². The van der Waals surface area contributed by atoms with Crippen molar-refractivity contribution in [3.05, 3.63) is 107 Å². The van der Waals surface area contributed by atoms with Gasteiger partial charge in [0.05, 0.1) is 6.54 Å². The Morgan fingerprint density at radius 2 is 1.61 bits per heavy atom. The molecular formula is C27H25ClN2O. The van der Waals surface area contributed by atoms with E-state index >= 15 is 0 Å². The van der Waals surface area contributed by atoms with Crippen molar-refractivity contribution in [1.82, 2.24) is 4.90 Å². The second-order valence-corrected chi connectivity index (χ2v) is 9.18. The van der Waals surface area contributed by atoms with Gasteiger partial charge >= 0.3 is 0 Å². The second-order valence-electron chi connectivity index (χ2n) is 8.77. The highest BCUT2D eigenvalue weighted by Crippen LogP contribution is 2.56. The van der Waals surface area contributed by atoms with Crippen LogP contribution >= 0.6 is 11.6 Å². The largest absolute Gasteiger partial charge is 0.335 e. The third-order valence-corrected chi connectivity index (χ3v) is 7.13. The Bertz CT molecular complexity index is 1170. The fourth-order valence-electron chi connectivity index (χ4n) is 5.24. The van der Waals surface area contributed by atoms with E-state index < -0.39 is 5.66 Å². The maximum absolute atomic E-state index is 13.4. The van der Waals surface area contributed by atoms with Gasteiger partial charge < -0.3 is 9.80 Å². The first-order valence-corrected chi connectivity index (χ1v) is 11.0. The molecule has 0 unspecified atom stereocenters. The van der Waals surface area contributed by atoms with Gasteiger partial charge in [-0.2, -0.15) is 0 Å². The molecule has 0 N–H and O–H groups in total. The van der Waals surface area contributed by atoms with Crippen LogP contribution in [0.5, 0.6) is 0 Å². The molecule has 2 aliphatic rings. The van der Waals surface area contributed by atoms with Crippen molar-refractivity contribution >= 4 is 29.3 Å². The minimum Gasteiger partial charge on any atom is -0.335 e. The lowest BCUT2D eigenvalue weighted by Crippen LogP contribution is -2.60. The molecule has 0 spiro atoms. The molecule has 31 heavy (non-hydrogen) atoms.